The molecule has 1 aromatic heterocycles. The number of esters is 1. The highest BCUT2D eigenvalue weighted by Gasteiger charge is 2.42. The highest BCUT2D eigenvalue weighted by molar-refractivity contribution is 5.89. The zero-order valence-electron chi connectivity index (χ0n) is 10.3. The number of benzene rings is 1. The van der Waals surface area contributed by atoms with Gasteiger partial charge in [0.1, 0.15) is 0 Å². The lowest BCUT2D eigenvalue weighted by atomic mass is 10.1. The number of hydrogen-bond acceptors (Lipinski definition) is 5. The van der Waals surface area contributed by atoms with E-state index in [4.69, 9.17) is 0 Å². The van der Waals surface area contributed by atoms with Gasteiger partial charge in [-0.15, -0.1) is 10.2 Å². The second-order valence-corrected chi connectivity index (χ2v) is 3.95. The van der Waals surface area contributed by atoms with Gasteiger partial charge in [-0.1, -0.05) is 12.1 Å². The van der Waals surface area contributed by atoms with Gasteiger partial charge >= 0.3 is 18.3 Å². The van der Waals surface area contributed by atoms with Gasteiger partial charge in [0.15, 0.2) is 6.61 Å². The van der Waals surface area contributed by atoms with Crippen LogP contribution in [-0.2, 0) is 4.74 Å². The van der Waals surface area contributed by atoms with Crippen LogP contribution in [0.4, 0.5) is 17.6 Å². The van der Waals surface area contributed by atoms with Crippen LogP contribution in [0.2, 0.25) is 0 Å². The average Bonchev–Trinajstić information content (AvgIpc) is 2.99. The third-order valence-corrected chi connectivity index (χ3v) is 2.44. The number of alkyl halides is 4. The van der Waals surface area contributed by atoms with Crippen LogP contribution in [-0.4, -0.2) is 45.5 Å². The Hall–Kier alpha value is -2.52. The van der Waals surface area contributed by atoms with Crippen LogP contribution < -0.4 is 0 Å². The van der Waals surface area contributed by atoms with Crippen molar-refractivity contribution >= 4 is 5.97 Å². The molecule has 0 aliphatic rings. The summed E-state index contributed by atoms with van der Waals surface area (Å²) in [7, 11) is 0. The minimum absolute atomic E-state index is 0.0627. The van der Waals surface area contributed by atoms with E-state index in [0.29, 0.717) is 5.56 Å². The van der Waals surface area contributed by atoms with Gasteiger partial charge in [-0.2, -0.15) is 14.0 Å². The molecule has 2 rings (SSSR count). The third kappa shape index (κ3) is 3.52. The molecule has 0 amide bonds. The fourth-order valence-corrected chi connectivity index (χ4v) is 1.35. The Balaban J connectivity index is 2.01. The minimum atomic E-state index is -4.37. The summed E-state index contributed by atoms with van der Waals surface area (Å²) >= 11 is 0. The van der Waals surface area contributed by atoms with E-state index in [2.05, 4.69) is 25.4 Å². The van der Waals surface area contributed by atoms with Gasteiger partial charge in [0.2, 0.25) is 5.82 Å². The molecule has 0 spiro atoms. The molecule has 0 atom stereocenters. The van der Waals surface area contributed by atoms with Crippen molar-refractivity contribution in [3.8, 4) is 11.4 Å². The number of carbonyl (C=O) groups is 1. The molecule has 6 nitrogen and oxygen atoms in total. The third-order valence-electron chi connectivity index (χ3n) is 2.44. The quantitative estimate of drug-likeness (QED) is 0.674. The van der Waals surface area contributed by atoms with Gasteiger partial charge in [0, 0.05) is 5.56 Å². The SMILES string of the molecule is O=C(OCC(F)(F)C(F)F)c1ccc(-c2nn[nH]n2)cc1. The Bertz CT molecular complexity index is 601. The lowest BCUT2D eigenvalue weighted by Gasteiger charge is -2.14. The summed E-state index contributed by atoms with van der Waals surface area (Å²) in [5.41, 5.74) is 0.463. The van der Waals surface area contributed by atoms with Crippen molar-refractivity contribution in [1.29, 1.82) is 0 Å². The van der Waals surface area contributed by atoms with Gasteiger partial charge in [0.05, 0.1) is 5.56 Å². The monoisotopic (exact) mass is 304 g/mol. The van der Waals surface area contributed by atoms with E-state index >= 15 is 0 Å². The fraction of sp³-hybridized carbons (Fsp3) is 0.273. The number of aromatic nitrogens is 4. The first-order valence-electron chi connectivity index (χ1n) is 5.57. The topological polar surface area (TPSA) is 80.8 Å². The molecule has 0 unspecified atom stereocenters. The Morgan fingerprint density at radius 3 is 2.48 bits per heavy atom. The van der Waals surface area contributed by atoms with E-state index in [9.17, 15) is 22.4 Å². The summed E-state index contributed by atoms with van der Waals surface area (Å²) in [6, 6.07) is 5.42. The van der Waals surface area contributed by atoms with Gasteiger partial charge in [-0.3, -0.25) is 0 Å². The molecule has 0 radical (unpaired) electrons. The summed E-state index contributed by atoms with van der Waals surface area (Å²) in [5.74, 6) is -5.23. The molecule has 0 fully saturated rings. The first kappa shape index (κ1) is 14.9. The highest BCUT2D eigenvalue weighted by atomic mass is 19.3. The van der Waals surface area contributed by atoms with E-state index in [0.717, 1.165) is 0 Å². The number of tetrazole rings is 1. The molecule has 0 aliphatic carbocycles. The van der Waals surface area contributed by atoms with E-state index in [1.54, 1.807) is 0 Å². The van der Waals surface area contributed by atoms with Crippen LogP contribution in [0.3, 0.4) is 0 Å². The molecular weight excluding hydrogens is 296 g/mol. The first-order valence-corrected chi connectivity index (χ1v) is 5.57. The summed E-state index contributed by atoms with van der Waals surface area (Å²) < 4.78 is 53.2. The molecule has 2 aromatic rings. The standard InChI is InChI=1S/C11H8F4N4O2/c12-10(13)11(14,15)5-21-9(20)7-3-1-6(2-4-7)8-16-18-19-17-8/h1-4,10H,5H2,(H,16,17,18,19). The van der Waals surface area contributed by atoms with Gasteiger partial charge < -0.3 is 4.74 Å². The molecule has 0 aliphatic heterocycles. The van der Waals surface area contributed by atoms with Crippen molar-refractivity contribution in [2.45, 2.75) is 12.3 Å². The molecule has 1 aromatic carbocycles. The predicted molar refractivity (Wildman–Crippen MR) is 60.8 cm³/mol. The van der Waals surface area contributed by atoms with Crippen molar-refractivity contribution in [3.63, 3.8) is 0 Å². The van der Waals surface area contributed by atoms with E-state index in [1.807, 2.05) is 0 Å². The second kappa shape index (κ2) is 5.85. The van der Waals surface area contributed by atoms with Crippen LogP contribution in [0.15, 0.2) is 24.3 Å². The number of H-pyrrole nitrogens is 1. The molecular formula is C11H8F4N4O2. The van der Waals surface area contributed by atoms with Crippen LogP contribution in [0.1, 0.15) is 10.4 Å². The molecule has 0 saturated carbocycles. The van der Waals surface area contributed by atoms with E-state index in [1.165, 1.54) is 24.3 Å². The minimum Gasteiger partial charge on any atom is -0.455 e. The van der Waals surface area contributed by atoms with Crippen molar-refractivity contribution < 1.29 is 27.1 Å². The Morgan fingerprint density at radius 1 is 1.29 bits per heavy atom. The summed E-state index contributed by atoms with van der Waals surface area (Å²) in [6.45, 7) is -1.68. The van der Waals surface area contributed by atoms with Crippen LogP contribution in [0.5, 0.6) is 0 Å². The van der Waals surface area contributed by atoms with Gasteiger partial charge in [0.25, 0.3) is 0 Å². The molecule has 21 heavy (non-hydrogen) atoms. The second-order valence-electron chi connectivity index (χ2n) is 3.95. The fourth-order valence-electron chi connectivity index (χ4n) is 1.35. The number of nitrogens with one attached hydrogen (secondary N) is 1. The zero-order valence-corrected chi connectivity index (χ0v) is 10.3. The molecule has 1 heterocycles. The lowest BCUT2D eigenvalue weighted by Crippen LogP contribution is -2.33. The van der Waals surface area contributed by atoms with Crippen LogP contribution in [0, 0.1) is 0 Å². The summed E-state index contributed by atoms with van der Waals surface area (Å²) in [4.78, 5) is 11.5. The number of aromatic amines is 1. The van der Waals surface area contributed by atoms with Crippen LogP contribution in [0.25, 0.3) is 11.4 Å². The zero-order chi connectivity index (χ0) is 15.5. The normalized spacial score (nSPS) is 11.7. The van der Waals surface area contributed by atoms with Crippen molar-refractivity contribution in [1.82, 2.24) is 20.6 Å². The molecule has 112 valence electrons. The number of halogens is 4. The van der Waals surface area contributed by atoms with Crippen molar-refractivity contribution in [2.24, 2.45) is 0 Å². The van der Waals surface area contributed by atoms with E-state index in [-0.39, 0.29) is 11.4 Å². The largest absolute Gasteiger partial charge is 0.455 e. The summed E-state index contributed by atoms with van der Waals surface area (Å²) in [5, 5.41) is 13.0. The van der Waals surface area contributed by atoms with Gasteiger partial charge in [-0.05, 0) is 17.3 Å². The Labute approximate surface area is 115 Å². The van der Waals surface area contributed by atoms with E-state index < -0.39 is 24.9 Å². The Morgan fingerprint density at radius 2 is 1.95 bits per heavy atom. The molecule has 10 heteroatoms. The average molecular weight is 304 g/mol. The van der Waals surface area contributed by atoms with Crippen LogP contribution >= 0.6 is 0 Å². The maximum atomic E-state index is 12.6. The van der Waals surface area contributed by atoms with Gasteiger partial charge in [-0.25, -0.2) is 13.6 Å². The number of carbonyl (C=O) groups excluding carboxylic acids is 1. The molecule has 0 saturated heterocycles. The number of nitrogens with zero attached hydrogens (tertiary/aromatic N) is 3. The highest BCUT2D eigenvalue weighted by Crippen LogP contribution is 2.23. The molecule has 1 N–H and O–H groups in total. The number of ether oxygens (including phenoxy) is 1. The Kier molecular flexibility index (Phi) is 4.15. The smallest absolute Gasteiger partial charge is 0.340 e. The predicted octanol–water partition coefficient (Wildman–Crippen LogP) is 1.92. The lowest BCUT2D eigenvalue weighted by molar-refractivity contribution is -0.155. The van der Waals surface area contributed by atoms with Crippen molar-refractivity contribution in [2.75, 3.05) is 6.61 Å². The maximum Gasteiger partial charge on any atom is 0.340 e. The number of rotatable bonds is 5. The maximum absolute atomic E-state index is 12.6. The first-order chi connectivity index (χ1) is 9.90. The number of hydrogen-bond donors (Lipinski definition) is 1. The molecule has 0 bridgehead atoms. The van der Waals surface area contributed by atoms with Crippen molar-refractivity contribution in [3.05, 3.63) is 29.8 Å². The summed E-state index contributed by atoms with van der Waals surface area (Å²) in [6.07, 6.45) is -3.90.